The smallest absolute Gasteiger partial charge is 0.232 e. The fraction of sp³-hybridized carbons (Fsp3) is 0.500. The van der Waals surface area contributed by atoms with Crippen molar-refractivity contribution in [3.05, 3.63) is 42.5 Å². The highest BCUT2D eigenvalue weighted by molar-refractivity contribution is 7.99. The van der Waals surface area contributed by atoms with Crippen LogP contribution in [-0.4, -0.2) is 65.8 Å². The number of nitrogens with zero attached hydrogens (tertiary/aromatic N) is 5. The van der Waals surface area contributed by atoms with Crippen molar-refractivity contribution >= 4 is 29.2 Å². The number of amides is 1. The van der Waals surface area contributed by atoms with Crippen molar-refractivity contribution in [2.75, 3.05) is 54.8 Å². The molecule has 1 aromatic carbocycles. The van der Waals surface area contributed by atoms with Crippen LogP contribution in [-0.2, 0) is 4.79 Å². The van der Waals surface area contributed by atoms with Crippen LogP contribution in [0.5, 0.6) is 0 Å². The highest BCUT2D eigenvalue weighted by atomic mass is 32.2. The van der Waals surface area contributed by atoms with Crippen LogP contribution in [0.15, 0.2) is 41.7 Å². The van der Waals surface area contributed by atoms with Gasteiger partial charge < -0.3 is 14.7 Å². The maximum Gasteiger partial charge on any atom is 0.232 e. The first-order chi connectivity index (χ1) is 14.7. The van der Waals surface area contributed by atoms with Gasteiger partial charge in [0.05, 0.1) is 11.4 Å². The minimum Gasteiger partial charge on any atom is -0.366 e. The number of anilines is 2. The number of para-hydroxylation sites is 1. The number of piperazine rings is 1. The Balaban J connectivity index is 1.31. The van der Waals surface area contributed by atoms with Gasteiger partial charge in [-0.25, -0.2) is 14.4 Å². The number of likely N-dealkylation sites (tertiary alicyclic amines) is 1. The summed E-state index contributed by atoms with van der Waals surface area (Å²) in [6, 6.07) is 8.87. The number of aromatic nitrogens is 2. The fourth-order valence-corrected chi connectivity index (χ4v) is 4.78. The molecule has 2 fully saturated rings. The van der Waals surface area contributed by atoms with Crippen LogP contribution in [0.4, 0.5) is 15.9 Å². The molecule has 2 aliphatic heterocycles. The molecule has 6 nitrogen and oxygen atoms in total. The summed E-state index contributed by atoms with van der Waals surface area (Å²) in [6.07, 6.45) is 6.21. The topological polar surface area (TPSA) is 52.6 Å². The van der Waals surface area contributed by atoms with E-state index in [1.807, 2.05) is 23.1 Å². The summed E-state index contributed by atoms with van der Waals surface area (Å²) >= 11 is 1.48. The highest BCUT2D eigenvalue weighted by Gasteiger charge is 2.21. The standard InChI is InChI=1S/C22H28FN5OS/c23-18-7-3-4-8-19(18)26-11-13-27(14-12-26)20-15-21(25-17-24-20)30-16-22(29)28-9-5-1-2-6-10-28/h3-4,7-8,15,17H,1-2,5-6,9-14,16H2. The lowest BCUT2D eigenvalue weighted by Gasteiger charge is -2.36. The molecule has 1 aromatic heterocycles. The van der Waals surface area contributed by atoms with Gasteiger partial charge in [-0.15, -0.1) is 0 Å². The molecule has 2 saturated heterocycles. The van der Waals surface area contributed by atoms with Crippen molar-refractivity contribution < 1.29 is 9.18 Å². The zero-order valence-corrected chi connectivity index (χ0v) is 18.0. The van der Waals surface area contributed by atoms with Crippen LogP contribution >= 0.6 is 11.8 Å². The van der Waals surface area contributed by atoms with E-state index in [0.29, 0.717) is 11.4 Å². The van der Waals surface area contributed by atoms with Gasteiger partial charge in [-0.1, -0.05) is 36.7 Å². The zero-order valence-electron chi connectivity index (χ0n) is 17.2. The Morgan fingerprint density at radius 1 is 0.933 bits per heavy atom. The number of benzene rings is 1. The van der Waals surface area contributed by atoms with E-state index in [9.17, 15) is 9.18 Å². The molecular formula is C22H28FN5OS. The summed E-state index contributed by atoms with van der Waals surface area (Å²) < 4.78 is 14.0. The van der Waals surface area contributed by atoms with Gasteiger partial charge in [-0.3, -0.25) is 4.79 Å². The van der Waals surface area contributed by atoms with Gasteiger partial charge in [0.1, 0.15) is 23.0 Å². The van der Waals surface area contributed by atoms with Gasteiger partial charge in [0.15, 0.2) is 0 Å². The molecule has 0 spiro atoms. The molecule has 160 valence electrons. The van der Waals surface area contributed by atoms with Crippen LogP contribution in [0.3, 0.4) is 0 Å². The van der Waals surface area contributed by atoms with Gasteiger partial charge in [0.2, 0.25) is 5.91 Å². The average molecular weight is 430 g/mol. The molecule has 0 radical (unpaired) electrons. The third kappa shape index (κ3) is 5.22. The second-order valence-corrected chi connectivity index (χ2v) is 8.72. The van der Waals surface area contributed by atoms with E-state index < -0.39 is 0 Å². The Kier molecular flexibility index (Phi) is 7.04. The molecule has 0 N–H and O–H groups in total. The maximum atomic E-state index is 14.0. The van der Waals surface area contributed by atoms with Crippen LogP contribution in [0.1, 0.15) is 25.7 Å². The summed E-state index contributed by atoms with van der Waals surface area (Å²) in [7, 11) is 0. The third-order valence-electron chi connectivity index (χ3n) is 5.73. The molecule has 2 aliphatic rings. The number of carbonyl (C=O) groups is 1. The van der Waals surface area contributed by atoms with E-state index in [0.717, 1.165) is 63.0 Å². The summed E-state index contributed by atoms with van der Waals surface area (Å²) in [6.45, 7) is 4.76. The number of carbonyl (C=O) groups excluding carboxylic acids is 1. The Morgan fingerprint density at radius 3 is 2.37 bits per heavy atom. The average Bonchev–Trinajstić information content (AvgIpc) is 3.08. The van der Waals surface area contributed by atoms with Crippen molar-refractivity contribution in [2.45, 2.75) is 30.7 Å². The highest BCUT2D eigenvalue weighted by Crippen LogP contribution is 2.24. The number of rotatable bonds is 5. The Bertz CT molecular complexity index is 851. The lowest BCUT2D eigenvalue weighted by molar-refractivity contribution is -0.128. The van der Waals surface area contributed by atoms with E-state index in [1.54, 1.807) is 12.4 Å². The van der Waals surface area contributed by atoms with Gasteiger partial charge in [-0.05, 0) is 25.0 Å². The quantitative estimate of drug-likeness (QED) is 0.536. The molecule has 0 aliphatic carbocycles. The molecule has 3 heterocycles. The number of halogens is 1. The first-order valence-electron chi connectivity index (χ1n) is 10.7. The summed E-state index contributed by atoms with van der Waals surface area (Å²) in [5, 5.41) is 0.819. The van der Waals surface area contributed by atoms with Gasteiger partial charge >= 0.3 is 0 Å². The first-order valence-corrected chi connectivity index (χ1v) is 11.7. The van der Waals surface area contributed by atoms with E-state index >= 15 is 0 Å². The Labute approximate surface area is 181 Å². The lowest BCUT2D eigenvalue weighted by atomic mass is 10.2. The Hall–Kier alpha value is -2.35. The minimum absolute atomic E-state index is 0.180. The van der Waals surface area contributed by atoms with E-state index in [2.05, 4.69) is 19.8 Å². The number of hydrogen-bond acceptors (Lipinski definition) is 6. The normalized spacial score (nSPS) is 17.7. The third-order valence-corrected chi connectivity index (χ3v) is 6.64. The molecule has 0 unspecified atom stereocenters. The van der Waals surface area contributed by atoms with Crippen LogP contribution in [0.25, 0.3) is 0 Å². The Morgan fingerprint density at radius 2 is 1.63 bits per heavy atom. The number of thioether (sulfide) groups is 1. The van der Waals surface area contributed by atoms with Gasteiger partial charge in [0.25, 0.3) is 0 Å². The summed E-state index contributed by atoms with van der Waals surface area (Å²) in [5.41, 5.74) is 0.656. The summed E-state index contributed by atoms with van der Waals surface area (Å²) in [5.74, 6) is 1.29. The van der Waals surface area contributed by atoms with Crippen molar-refractivity contribution in [1.29, 1.82) is 0 Å². The van der Waals surface area contributed by atoms with Gasteiger partial charge in [0, 0.05) is 45.3 Å². The van der Waals surface area contributed by atoms with Crippen LogP contribution in [0, 0.1) is 5.82 Å². The zero-order chi connectivity index (χ0) is 20.8. The van der Waals surface area contributed by atoms with Crippen LogP contribution in [0.2, 0.25) is 0 Å². The molecule has 30 heavy (non-hydrogen) atoms. The molecule has 8 heteroatoms. The SMILES string of the molecule is O=C(CSc1cc(N2CCN(c3ccccc3F)CC2)ncn1)N1CCCCCC1. The fourth-order valence-electron chi connectivity index (χ4n) is 4.01. The van der Waals surface area contributed by atoms with E-state index in [4.69, 9.17) is 0 Å². The number of hydrogen-bond donors (Lipinski definition) is 0. The monoisotopic (exact) mass is 429 g/mol. The van der Waals surface area contributed by atoms with Gasteiger partial charge in [-0.2, -0.15) is 0 Å². The molecule has 2 aromatic rings. The van der Waals surface area contributed by atoms with E-state index in [-0.39, 0.29) is 11.7 Å². The predicted octanol–water partition coefficient (Wildman–Crippen LogP) is 3.44. The van der Waals surface area contributed by atoms with Crippen molar-refractivity contribution in [1.82, 2.24) is 14.9 Å². The van der Waals surface area contributed by atoms with Crippen molar-refractivity contribution in [3.63, 3.8) is 0 Å². The summed E-state index contributed by atoms with van der Waals surface area (Å²) in [4.78, 5) is 27.5. The molecule has 4 rings (SSSR count). The van der Waals surface area contributed by atoms with Crippen molar-refractivity contribution in [3.8, 4) is 0 Å². The molecule has 1 amide bonds. The first kappa shape index (κ1) is 20.9. The predicted molar refractivity (Wildman–Crippen MR) is 119 cm³/mol. The second-order valence-electron chi connectivity index (χ2n) is 7.72. The van der Waals surface area contributed by atoms with Crippen molar-refractivity contribution in [2.24, 2.45) is 0 Å². The molecule has 0 bridgehead atoms. The minimum atomic E-state index is -0.180. The maximum absolute atomic E-state index is 14.0. The lowest BCUT2D eigenvalue weighted by Crippen LogP contribution is -2.47. The van der Waals surface area contributed by atoms with Crippen LogP contribution < -0.4 is 9.80 Å². The molecule has 0 saturated carbocycles. The second kappa shape index (κ2) is 10.1. The molecular weight excluding hydrogens is 401 g/mol. The van der Waals surface area contributed by atoms with E-state index in [1.165, 1.54) is 30.7 Å². The largest absolute Gasteiger partial charge is 0.366 e. The molecule has 0 atom stereocenters.